The van der Waals surface area contributed by atoms with E-state index in [1.807, 2.05) is 61.7 Å². The van der Waals surface area contributed by atoms with Crippen molar-refractivity contribution in [1.29, 1.82) is 0 Å². The smallest absolute Gasteiger partial charge is 0.277 e. The summed E-state index contributed by atoms with van der Waals surface area (Å²) in [5, 5.41) is 10.2. The molecule has 0 bridgehead atoms. The van der Waals surface area contributed by atoms with Gasteiger partial charge in [-0.15, -0.1) is 11.3 Å². The van der Waals surface area contributed by atoms with Crippen molar-refractivity contribution in [2.24, 2.45) is 0 Å². The summed E-state index contributed by atoms with van der Waals surface area (Å²) in [5.41, 5.74) is 3.52. The molecule has 3 heterocycles. The SMILES string of the molecule is Cc1cccc(CNC(=O)[C@]2(C)Cn3nc(-c4cccs4)cc3C(=O)N2c2cc(Cl)ccc2C)c1. The lowest BCUT2D eigenvalue weighted by atomic mass is 9.93. The number of nitrogens with zero attached hydrogens (tertiary/aromatic N) is 3. The van der Waals surface area contributed by atoms with Gasteiger partial charge in [-0.3, -0.25) is 19.2 Å². The minimum Gasteiger partial charge on any atom is -0.350 e. The summed E-state index contributed by atoms with van der Waals surface area (Å²) in [4.78, 5) is 30.3. The van der Waals surface area contributed by atoms with Gasteiger partial charge in [0.15, 0.2) is 0 Å². The van der Waals surface area contributed by atoms with Gasteiger partial charge in [0.05, 0.1) is 11.4 Å². The molecule has 6 nitrogen and oxygen atoms in total. The zero-order valence-corrected chi connectivity index (χ0v) is 21.3. The Morgan fingerprint density at radius 2 is 1.97 bits per heavy atom. The van der Waals surface area contributed by atoms with Crippen LogP contribution < -0.4 is 10.2 Å². The van der Waals surface area contributed by atoms with E-state index in [4.69, 9.17) is 16.7 Å². The van der Waals surface area contributed by atoms with Crippen molar-refractivity contribution in [2.75, 3.05) is 4.90 Å². The number of nitrogens with one attached hydrogen (secondary N) is 1. The average molecular weight is 505 g/mol. The topological polar surface area (TPSA) is 67.2 Å². The fourth-order valence-corrected chi connectivity index (χ4v) is 5.37. The van der Waals surface area contributed by atoms with Crippen LogP contribution in [0.2, 0.25) is 5.02 Å². The van der Waals surface area contributed by atoms with Crippen molar-refractivity contribution in [3.05, 3.63) is 93.5 Å². The number of hydrogen-bond donors (Lipinski definition) is 1. The number of carbonyl (C=O) groups excluding carboxylic acids is 2. The van der Waals surface area contributed by atoms with Crippen LogP contribution in [0.3, 0.4) is 0 Å². The number of aromatic nitrogens is 2. The highest BCUT2D eigenvalue weighted by Gasteiger charge is 2.49. The fraction of sp³-hybridized carbons (Fsp3) is 0.222. The Kier molecular flexibility index (Phi) is 5.99. The van der Waals surface area contributed by atoms with Crippen molar-refractivity contribution in [3.8, 4) is 10.6 Å². The minimum atomic E-state index is -1.22. The van der Waals surface area contributed by atoms with E-state index in [0.29, 0.717) is 22.9 Å². The molecule has 0 saturated carbocycles. The molecule has 4 aromatic rings. The quantitative estimate of drug-likeness (QED) is 0.383. The number of thiophene rings is 1. The number of anilines is 1. The van der Waals surface area contributed by atoms with Crippen molar-refractivity contribution in [2.45, 2.75) is 39.4 Å². The summed E-state index contributed by atoms with van der Waals surface area (Å²) >= 11 is 7.89. The molecule has 0 fully saturated rings. The van der Waals surface area contributed by atoms with Gasteiger partial charge < -0.3 is 5.32 Å². The van der Waals surface area contributed by atoms with E-state index in [-0.39, 0.29) is 18.4 Å². The molecule has 0 radical (unpaired) electrons. The highest BCUT2D eigenvalue weighted by atomic mass is 35.5. The van der Waals surface area contributed by atoms with Gasteiger partial charge in [-0.05, 0) is 61.5 Å². The highest BCUT2D eigenvalue weighted by molar-refractivity contribution is 7.13. The molecular weight excluding hydrogens is 480 g/mol. The zero-order valence-electron chi connectivity index (χ0n) is 19.7. The molecule has 0 saturated heterocycles. The van der Waals surface area contributed by atoms with Crippen LogP contribution in [0.5, 0.6) is 0 Å². The Hall–Kier alpha value is -3.42. The van der Waals surface area contributed by atoms with E-state index >= 15 is 0 Å². The summed E-state index contributed by atoms with van der Waals surface area (Å²) in [6, 6.07) is 19.1. The zero-order chi connectivity index (χ0) is 24.7. The van der Waals surface area contributed by atoms with E-state index in [2.05, 4.69) is 5.32 Å². The van der Waals surface area contributed by atoms with Crippen LogP contribution in [0.1, 0.15) is 34.1 Å². The van der Waals surface area contributed by atoms with Gasteiger partial charge in [0.25, 0.3) is 5.91 Å². The van der Waals surface area contributed by atoms with Crippen molar-refractivity contribution in [3.63, 3.8) is 0 Å². The molecular formula is C27H25ClN4O2S. The van der Waals surface area contributed by atoms with Gasteiger partial charge in [0, 0.05) is 17.3 Å². The maximum Gasteiger partial charge on any atom is 0.277 e. The van der Waals surface area contributed by atoms with Gasteiger partial charge in [-0.2, -0.15) is 5.10 Å². The lowest BCUT2D eigenvalue weighted by Gasteiger charge is -2.43. The number of benzene rings is 2. The molecule has 2 aromatic heterocycles. The number of rotatable bonds is 5. The van der Waals surface area contributed by atoms with Crippen LogP contribution in [0.25, 0.3) is 10.6 Å². The molecule has 1 aliphatic heterocycles. The maximum atomic E-state index is 13.9. The predicted octanol–water partition coefficient (Wildman–Crippen LogP) is 5.62. The molecule has 35 heavy (non-hydrogen) atoms. The van der Waals surface area contributed by atoms with Gasteiger partial charge in [-0.25, -0.2) is 0 Å². The Morgan fingerprint density at radius 1 is 1.14 bits per heavy atom. The number of halogens is 1. The molecule has 0 aliphatic carbocycles. The van der Waals surface area contributed by atoms with Crippen LogP contribution >= 0.6 is 22.9 Å². The summed E-state index contributed by atoms with van der Waals surface area (Å²) in [5.74, 6) is -0.546. The molecule has 1 atom stereocenters. The average Bonchev–Trinajstić information content (AvgIpc) is 3.50. The monoisotopic (exact) mass is 504 g/mol. The number of fused-ring (bicyclic) bond motifs is 1. The molecule has 5 rings (SSSR count). The van der Waals surface area contributed by atoms with Crippen molar-refractivity contribution in [1.82, 2.24) is 15.1 Å². The minimum absolute atomic E-state index is 0.213. The van der Waals surface area contributed by atoms with Crippen LogP contribution in [0, 0.1) is 13.8 Å². The second-order valence-electron chi connectivity index (χ2n) is 9.07. The normalized spacial score (nSPS) is 17.4. The molecule has 1 N–H and O–H groups in total. The molecule has 2 amide bonds. The largest absolute Gasteiger partial charge is 0.350 e. The first kappa shape index (κ1) is 23.3. The first-order valence-electron chi connectivity index (χ1n) is 11.3. The molecule has 0 spiro atoms. The van der Waals surface area contributed by atoms with Crippen LogP contribution in [0.15, 0.2) is 66.0 Å². The second-order valence-corrected chi connectivity index (χ2v) is 10.5. The lowest BCUT2D eigenvalue weighted by Crippen LogP contribution is -2.64. The van der Waals surface area contributed by atoms with Gasteiger partial charge >= 0.3 is 0 Å². The van der Waals surface area contributed by atoms with Crippen LogP contribution in [-0.4, -0.2) is 27.1 Å². The third-order valence-corrected chi connectivity index (χ3v) is 7.49. The van der Waals surface area contributed by atoms with E-state index in [1.165, 1.54) is 0 Å². The number of carbonyl (C=O) groups is 2. The first-order chi connectivity index (χ1) is 16.8. The predicted molar refractivity (Wildman–Crippen MR) is 140 cm³/mol. The summed E-state index contributed by atoms with van der Waals surface area (Å²) in [7, 11) is 0. The van der Waals surface area contributed by atoms with Gasteiger partial charge in [0.1, 0.15) is 16.9 Å². The third-order valence-electron chi connectivity index (χ3n) is 6.36. The summed E-state index contributed by atoms with van der Waals surface area (Å²) in [6.07, 6.45) is 0. The third kappa shape index (κ3) is 4.26. The maximum absolute atomic E-state index is 13.9. The van der Waals surface area contributed by atoms with E-state index in [9.17, 15) is 9.59 Å². The fourth-order valence-electron chi connectivity index (χ4n) is 4.52. The standard InChI is InChI=1S/C27H25ClN4O2S/c1-17-6-4-7-19(12-17)15-29-26(34)27(3)16-31-23(14-21(30-31)24-8-5-11-35-24)25(33)32(27)22-13-20(28)10-9-18(22)2/h4-14H,15-16H2,1-3H3,(H,29,34)/t27-/m0/s1. The molecule has 8 heteroatoms. The summed E-state index contributed by atoms with van der Waals surface area (Å²) < 4.78 is 1.65. The number of aryl methyl sites for hydroxylation is 2. The molecule has 2 aromatic carbocycles. The van der Waals surface area contributed by atoms with E-state index < -0.39 is 5.54 Å². The van der Waals surface area contributed by atoms with Crippen molar-refractivity contribution >= 4 is 40.4 Å². The lowest BCUT2D eigenvalue weighted by molar-refractivity contribution is -0.126. The van der Waals surface area contributed by atoms with E-state index in [1.54, 1.807) is 46.0 Å². The van der Waals surface area contributed by atoms with Crippen LogP contribution in [-0.2, 0) is 17.9 Å². The molecule has 178 valence electrons. The summed E-state index contributed by atoms with van der Waals surface area (Å²) in [6.45, 7) is 6.28. The highest BCUT2D eigenvalue weighted by Crippen LogP contribution is 2.37. The Balaban J connectivity index is 1.57. The van der Waals surface area contributed by atoms with Crippen LogP contribution in [0.4, 0.5) is 5.69 Å². The van der Waals surface area contributed by atoms with Gasteiger partial charge in [-0.1, -0.05) is 53.6 Å². The molecule has 0 unspecified atom stereocenters. The Morgan fingerprint density at radius 3 is 2.71 bits per heavy atom. The van der Waals surface area contributed by atoms with Crippen molar-refractivity contribution < 1.29 is 9.59 Å². The number of hydrogen-bond acceptors (Lipinski definition) is 4. The Bertz CT molecular complexity index is 1430. The first-order valence-corrected chi connectivity index (χ1v) is 12.6. The molecule has 1 aliphatic rings. The Labute approximate surface area is 213 Å². The number of amides is 2. The van der Waals surface area contributed by atoms with E-state index in [0.717, 1.165) is 27.3 Å². The second kappa shape index (κ2) is 8.98. The van der Waals surface area contributed by atoms with Gasteiger partial charge in [0.2, 0.25) is 5.91 Å².